The summed E-state index contributed by atoms with van der Waals surface area (Å²) in [5.41, 5.74) is 0.989. The van der Waals surface area contributed by atoms with Crippen molar-refractivity contribution in [1.29, 1.82) is 0 Å². The monoisotopic (exact) mass is 399 g/mol. The number of piperidine rings is 1. The summed E-state index contributed by atoms with van der Waals surface area (Å²) in [7, 11) is 0. The van der Waals surface area contributed by atoms with E-state index in [-0.39, 0.29) is 12.5 Å². The SMILES string of the molecule is Cc1nc(CNC(=O)C2(n3cccn3)CCNCC2)oc1-c1ccc(Cl)cc1. The molecule has 0 unspecified atom stereocenters. The highest BCUT2D eigenvalue weighted by Gasteiger charge is 2.41. The van der Waals surface area contributed by atoms with Gasteiger partial charge in [-0.15, -0.1) is 0 Å². The molecule has 2 aromatic heterocycles. The fourth-order valence-electron chi connectivity index (χ4n) is 3.64. The third kappa shape index (κ3) is 3.55. The average molecular weight is 400 g/mol. The lowest BCUT2D eigenvalue weighted by atomic mass is 9.87. The van der Waals surface area contributed by atoms with E-state index in [1.165, 1.54) is 0 Å². The summed E-state index contributed by atoms with van der Waals surface area (Å²) in [5.74, 6) is 1.09. The Morgan fingerprint density at radius 1 is 1.32 bits per heavy atom. The highest BCUT2D eigenvalue weighted by Crippen LogP contribution is 2.28. The number of amides is 1. The summed E-state index contributed by atoms with van der Waals surface area (Å²) in [6.07, 6.45) is 4.91. The lowest BCUT2D eigenvalue weighted by Gasteiger charge is -2.36. The number of benzene rings is 1. The van der Waals surface area contributed by atoms with Crippen LogP contribution < -0.4 is 10.6 Å². The molecule has 4 rings (SSSR count). The molecule has 7 nitrogen and oxygen atoms in total. The van der Waals surface area contributed by atoms with Gasteiger partial charge in [0, 0.05) is 23.0 Å². The van der Waals surface area contributed by atoms with Crippen molar-refractivity contribution >= 4 is 17.5 Å². The lowest BCUT2D eigenvalue weighted by molar-refractivity contribution is -0.132. The minimum Gasteiger partial charge on any atom is -0.438 e. The van der Waals surface area contributed by atoms with Crippen LogP contribution >= 0.6 is 11.6 Å². The fraction of sp³-hybridized carbons (Fsp3) is 0.350. The third-order valence-electron chi connectivity index (χ3n) is 5.14. The highest BCUT2D eigenvalue weighted by atomic mass is 35.5. The number of oxazole rings is 1. The molecule has 1 amide bonds. The van der Waals surface area contributed by atoms with Crippen LogP contribution in [0, 0.1) is 6.92 Å². The minimum absolute atomic E-state index is 0.0680. The Kier molecular flexibility index (Phi) is 5.19. The van der Waals surface area contributed by atoms with Crippen molar-refractivity contribution in [2.75, 3.05) is 13.1 Å². The van der Waals surface area contributed by atoms with E-state index in [0.29, 0.717) is 29.5 Å². The van der Waals surface area contributed by atoms with Gasteiger partial charge in [0.05, 0.1) is 12.2 Å². The molecule has 0 aliphatic carbocycles. The van der Waals surface area contributed by atoms with Gasteiger partial charge in [-0.05, 0) is 63.2 Å². The Labute approximate surface area is 168 Å². The van der Waals surface area contributed by atoms with Crippen molar-refractivity contribution < 1.29 is 9.21 Å². The smallest absolute Gasteiger partial charge is 0.248 e. The Hall–Kier alpha value is -2.64. The van der Waals surface area contributed by atoms with Crippen LogP contribution in [0.5, 0.6) is 0 Å². The molecular formula is C20H22ClN5O2. The van der Waals surface area contributed by atoms with Crippen molar-refractivity contribution in [3.8, 4) is 11.3 Å². The summed E-state index contributed by atoms with van der Waals surface area (Å²) < 4.78 is 7.67. The number of carbonyl (C=O) groups excluding carboxylic acids is 1. The van der Waals surface area contributed by atoms with Gasteiger partial charge in [0.1, 0.15) is 5.54 Å². The van der Waals surface area contributed by atoms with E-state index in [2.05, 4.69) is 20.7 Å². The van der Waals surface area contributed by atoms with Crippen LogP contribution in [0.3, 0.4) is 0 Å². The first-order valence-electron chi connectivity index (χ1n) is 9.30. The van der Waals surface area contributed by atoms with Crippen LogP contribution in [0.4, 0.5) is 0 Å². The van der Waals surface area contributed by atoms with Crippen molar-refractivity contribution in [2.24, 2.45) is 0 Å². The van der Waals surface area contributed by atoms with Crippen molar-refractivity contribution in [1.82, 2.24) is 25.4 Å². The molecule has 3 heterocycles. The van der Waals surface area contributed by atoms with Crippen LogP contribution in [0.2, 0.25) is 5.02 Å². The predicted molar refractivity (Wildman–Crippen MR) is 106 cm³/mol. The second-order valence-corrected chi connectivity index (χ2v) is 7.38. The molecule has 0 bridgehead atoms. The van der Waals surface area contributed by atoms with Gasteiger partial charge in [-0.3, -0.25) is 9.48 Å². The van der Waals surface area contributed by atoms with Gasteiger partial charge in [-0.1, -0.05) is 11.6 Å². The Bertz CT molecular complexity index is 944. The second-order valence-electron chi connectivity index (χ2n) is 6.94. The zero-order valence-electron chi connectivity index (χ0n) is 15.6. The van der Waals surface area contributed by atoms with Gasteiger partial charge in [0.15, 0.2) is 5.76 Å². The number of rotatable bonds is 5. The maximum atomic E-state index is 13.1. The van der Waals surface area contributed by atoms with Crippen LogP contribution in [-0.4, -0.2) is 33.8 Å². The van der Waals surface area contributed by atoms with Gasteiger partial charge in [-0.25, -0.2) is 4.98 Å². The van der Waals surface area contributed by atoms with Gasteiger partial charge in [0.25, 0.3) is 0 Å². The van der Waals surface area contributed by atoms with Crippen LogP contribution in [-0.2, 0) is 16.9 Å². The van der Waals surface area contributed by atoms with E-state index in [9.17, 15) is 4.79 Å². The molecule has 0 spiro atoms. The molecule has 146 valence electrons. The molecule has 28 heavy (non-hydrogen) atoms. The highest BCUT2D eigenvalue weighted by molar-refractivity contribution is 6.30. The zero-order chi connectivity index (χ0) is 19.6. The van der Waals surface area contributed by atoms with Crippen LogP contribution in [0.1, 0.15) is 24.4 Å². The molecule has 0 saturated carbocycles. The number of nitrogens with one attached hydrogen (secondary N) is 2. The first-order valence-corrected chi connectivity index (χ1v) is 9.68. The third-order valence-corrected chi connectivity index (χ3v) is 5.40. The Morgan fingerprint density at radius 3 is 2.75 bits per heavy atom. The number of halogens is 1. The largest absolute Gasteiger partial charge is 0.438 e. The quantitative estimate of drug-likeness (QED) is 0.689. The molecule has 1 aromatic carbocycles. The molecule has 1 aliphatic rings. The van der Waals surface area contributed by atoms with E-state index in [4.69, 9.17) is 16.0 Å². The number of aromatic nitrogens is 3. The zero-order valence-corrected chi connectivity index (χ0v) is 16.4. The second kappa shape index (κ2) is 7.77. The number of carbonyl (C=O) groups is 1. The van der Waals surface area contributed by atoms with Gasteiger partial charge in [0.2, 0.25) is 11.8 Å². The predicted octanol–water partition coefficient (Wildman–Crippen LogP) is 2.90. The molecule has 2 N–H and O–H groups in total. The standard InChI is InChI=1S/C20H22ClN5O2/c1-14-18(15-3-5-16(21)6-4-15)28-17(25-14)13-23-19(27)20(7-10-22-11-8-20)26-12-2-9-24-26/h2-6,9,12,22H,7-8,10-11,13H2,1H3,(H,23,27). The molecule has 8 heteroatoms. The van der Waals surface area contributed by atoms with E-state index < -0.39 is 5.54 Å². The Morgan fingerprint density at radius 2 is 2.07 bits per heavy atom. The number of nitrogens with zero attached hydrogens (tertiary/aromatic N) is 3. The van der Waals surface area contributed by atoms with Crippen molar-refractivity contribution in [2.45, 2.75) is 31.8 Å². The minimum atomic E-state index is -0.685. The first-order chi connectivity index (χ1) is 13.6. The summed E-state index contributed by atoms with van der Waals surface area (Å²) >= 11 is 5.95. The van der Waals surface area contributed by atoms with E-state index >= 15 is 0 Å². The average Bonchev–Trinajstić information content (AvgIpc) is 3.38. The summed E-state index contributed by atoms with van der Waals surface area (Å²) in [6.45, 7) is 3.65. The van der Waals surface area contributed by atoms with Gasteiger partial charge < -0.3 is 15.1 Å². The topological polar surface area (TPSA) is 85.0 Å². The normalized spacial score (nSPS) is 16.1. The van der Waals surface area contributed by atoms with Crippen LogP contribution in [0.15, 0.2) is 47.1 Å². The van der Waals surface area contributed by atoms with Gasteiger partial charge in [-0.2, -0.15) is 5.10 Å². The molecular weight excluding hydrogens is 378 g/mol. The number of aryl methyl sites for hydroxylation is 1. The lowest BCUT2D eigenvalue weighted by Crippen LogP contribution is -2.54. The number of hydrogen-bond acceptors (Lipinski definition) is 5. The number of hydrogen-bond donors (Lipinski definition) is 2. The summed E-state index contributed by atoms with van der Waals surface area (Å²) in [4.78, 5) is 17.6. The summed E-state index contributed by atoms with van der Waals surface area (Å²) in [5, 5.41) is 11.3. The molecule has 1 saturated heterocycles. The molecule has 1 aliphatic heterocycles. The van der Waals surface area contributed by atoms with E-state index in [1.807, 2.05) is 43.5 Å². The molecule has 0 atom stereocenters. The molecule has 3 aromatic rings. The maximum Gasteiger partial charge on any atom is 0.248 e. The van der Waals surface area contributed by atoms with Crippen LogP contribution in [0.25, 0.3) is 11.3 Å². The van der Waals surface area contributed by atoms with Gasteiger partial charge >= 0.3 is 0 Å². The first kappa shape index (κ1) is 18.7. The molecule has 1 fully saturated rings. The fourth-order valence-corrected chi connectivity index (χ4v) is 3.77. The molecule has 0 radical (unpaired) electrons. The van der Waals surface area contributed by atoms with Crippen molar-refractivity contribution in [3.05, 3.63) is 59.3 Å². The van der Waals surface area contributed by atoms with E-state index in [1.54, 1.807) is 10.9 Å². The maximum absolute atomic E-state index is 13.1. The van der Waals surface area contributed by atoms with E-state index in [0.717, 1.165) is 24.3 Å². The Balaban J connectivity index is 1.50. The van der Waals surface area contributed by atoms with Crippen molar-refractivity contribution in [3.63, 3.8) is 0 Å². The summed E-state index contributed by atoms with van der Waals surface area (Å²) in [6, 6.07) is 9.24.